The first kappa shape index (κ1) is 10.8. The van der Waals surface area contributed by atoms with E-state index in [0.717, 1.165) is 11.2 Å². The minimum absolute atomic E-state index is 0.596. The van der Waals surface area contributed by atoms with Gasteiger partial charge in [0.1, 0.15) is 0 Å². The normalized spacial score (nSPS) is 34.5. The molecule has 90 valence electrons. The SMILES string of the molecule is S=C(NC1CC1)NC1CCN2CCCCC12. The summed E-state index contributed by atoms with van der Waals surface area (Å²) in [6.07, 6.45) is 7.97. The Hall–Kier alpha value is -0.350. The predicted octanol–water partition coefficient (Wildman–Crippen LogP) is 1.24. The number of nitrogens with zero attached hydrogens (tertiary/aromatic N) is 1. The van der Waals surface area contributed by atoms with Crippen molar-refractivity contribution in [2.45, 2.75) is 56.7 Å². The van der Waals surface area contributed by atoms with E-state index in [1.54, 1.807) is 0 Å². The number of rotatable bonds is 2. The van der Waals surface area contributed by atoms with Crippen molar-refractivity contribution in [1.82, 2.24) is 15.5 Å². The zero-order valence-electron chi connectivity index (χ0n) is 9.74. The summed E-state index contributed by atoms with van der Waals surface area (Å²) < 4.78 is 0. The third kappa shape index (κ3) is 2.33. The topological polar surface area (TPSA) is 27.3 Å². The van der Waals surface area contributed by atoms with Gasteiger partial charge in [-0.25, -0.2) is 0 Å². The van der Waals surface area contributed by atoms with Gasteiger partial charge in [-0.15, -0.1) is 0 Å². The van der Waals surface area contributed by atoms with Crippen molar-refractivity contribution in [2.24, 2.45) is 0 Å². The first-order chi connectivity index (χ1) is 7.83. The fraction of sp³-hybridized carbons (Fsp3) is 0.917. The van der Waals surface area contributed by atoms with Crippen molar-refractivity contribution in [3.63, 3.8) is 0 Å². The Morgan fingerprint density at radius 1 is 1.00 bits per heavy atom. The highest BCUT2D eigenvalue weighted by Gasteiger charge is 2.36. The van der Waals surface area contributed by atoms with Gasteiger partial charge in [-0.05, 0) is 50.9 Å². The number of fused-ring (bicyclic) bond motifs is 1. The molecule has 2 aliphatic heterocycles. The number of nitrogens with one attached hydrogen (secondary N) is 2. The molecule has 0 radical (unpaired) electrons. The molecule has 2 heterocycles. The second-order valence-electron chi connectivity index (χ2n) is 5.39. The van der Waals surface area contributed by atoms with E-state index in [9.17, 15) is 0 Å². The zero-order valence-corrected chi connectivity index (χ0v) is 10.6. The fourth-order valence-electron chi connectivity index (χ4n) is 3.04. The molecule has 0 amide bonds. The van der Waals surface area contributed by atoms with Crippen LogP contribution >= 0.6 is 12.2 Å². The summed E-state index contributed by atoms with van der Waals surface area (Å²) in [5, 5.41) is 7.79. The minimum atomic E-state index is 0.596. The molecule has 2 N–H and O–H groups in total. The van der Waals surface area contributed by atoms with Crippen molar-refractivity contribution in [3.8, 4) is 0 Å². The lowest BCUT2D eigenvalue weighted by Crippen LogP contribution is -2.49. The summed E-state index contributed by atoms with van der Waals surface area (Å²) in [4.78, 5) is 2.64. The summed E-state index contributed by atoms with van der Waals surface area (Å²) in [5.74, 6) is 0. The Morgan fingerprint density at radius 3 is 2.69 bits per heavy atom. The van der Waals surface area contributed by atoms with Crippen LogP contribution in [0.5, 0.6) is 0 Å². The van der Waals surface area contributed by atoms with Crippen molar-refractivity contribution >= 4 is 17.3 Å². The number of thiocarbonyl (C=S) groups is 1. The van der Waals surface area contributed by atoms with Gasteiger partial charge in [0.15, 0.2) is 5.11 Å². The van der Waals surface area contributed by atoms with Gasteiger partial charge < -0.3 is 10.6 Å². The highest BCUT2D eigenvalue weighted by Crippen LogP contribution is 2.27. The van der Waals surface area contributed by atoms with Crippen molar-refractivity contribution < 1.29 is 0 Å². The lowest BCUT2D eigenvalue weighted by Gasteiger charge is -2.33. The second-order valence-corrected chi connectivity index (χ2v) is 5.79. The van der Waals surface area contributed by atoms with Gasteiger partial charge in [0.25, 0.3) is 0 Å². The van der Waals surface area contributed by atoms with Gasteiger partial charge in [-0.3, -0.25) is 4.90 Å². The predicted molar refractivity (Wildman–Crippen MR) is 69.5 cm³/mol. The van der Waals surface area contributed by atoms with E-state index in [0.29, 0.717) is 12.1 Å². The second kappa shape index (κ2) is 4.49. The minimum Gasteiger partial charge on any atom is -0.360 e. The Kier molecular flexibility index (Phi) is 3.03. The Labute approximate surface area is 103 Å². The molecular weight excluding hydrogens is 218 g/mol. The summed E-state index contributed by atoms with van der Waals surface area (Å²) in [6, 6.07) is 2.01. The van der Waals surface area contributed by atoms with E-state index in [2.05, 4.69) is 15.5 Å². The standard InChI is InChI=1S/C12H21N3S/c16-12(13-9-4-5-9)14-10-6-8-15-7-2-1-3-11(10)15/h9-11H,1-8H2,(H2,13,14,16). The summed E-state index contributed by atoms with van der Waals surface area (Å²) in [6.45, 7) is 2.56. The Bertz CT molecular complexity index is 277. The molecular formula is C12H21N3S. The summed E-state index contributed by atoms with van der Waals surface area (Å²) in [7, 11) is 0. The van der Waals surface area contributed by atoms with E-state index in [-0.39, 0.29) is 0 Å². The van der Waals surface area contributed by atoms with E-state index in [4.69, 9.17) is 12.2 Å². The lowest BCUT2D eigenvalue weighted by atomic mass is 9.99. The van der Waals surface area contributed by atoms with E-state index in [1.807, 2.05) is 0 Å². The van der Waals surface area contributed by atoms with Crippen LogP contribution in [-0.2, 0) is 0 Å². The van der Waals surface area contributed by atoms with Crippen LogP contribution in [-0.4, -0.2) is 41.2 Å². The smallest absolute Gasteiger partial charge is 0.166 e. The van der Waals surface area contributed by atoms with Crippen LogP contribution in [0.2, 0.25) is 0 Å². The Balaban J connectivity index is 1.51. The highest BCUT2D eigenvalue weighted by atomic mass is 32.1. The first-order valence-corrected chi connectivity index (χ1v) is 7.05. The van der Waals surface area contributed by atoms with E-state index in [1.165, 1.54) is 51.6 Å². The number of hydrogen-bond acceptors (Lipinski definition) is 2. The molecule has 2 atom stereocenters. The average molecular weight is 239 g/mol. The Morgan fingerprint density at radius 2 is 1.88 bits per heavy atom. The largest absolute Gasteiger partial charge is 0.360 e. The van der Waals surface area contributed by atoms with Crippen LogP contribution in [0, 0.1) is 0 Å². The molecule has 0 spiro atoms. The molecule has 3 fully saturated rings. The highest BCUT2D eigenvalue weighted by molar-refractivity contribution is 7.80. The molecule has 3 rings (SSSR count). The third-order valence-electron chi connectivity index (χ3n) is 4.09. The van der Waals surface area contributed by atoms with E-state index < -0.39 is 0 Å². The average Bonchev–Trinajstić information content (AvgIpc) is 3.00. The van der Waals surface area contributed by atoms with Gasteiger partial charge in [-0.2, -0.15) is 0 Å². The zero-order chi connectivity index (χ0) is 11.0. The van der Waals surface area contributed by atoms with Crippen LogP contribution in [0.15, 0.2) is 0 Å². The maximum Gasteiger partial charge on any atom is 0.166 e. The summed E-state index contributed by atoms with van der Waals surface area (Å²) >= 11 is 5.36. The molecule has 0 aromatic carbocycles. The first-order valence-electron chi connectivity index (χ1n) is 6.64. The van der Waals surface area contributed by atoms with Gasteiger partial charge in [0.05, 0.1) is 0 Å². The van der Waals surface area contributed by atoms with Crippen LogP contribution in [0.3, 0.4) is 0 Å². The molecule has 0 bridgehead atoms. The van der Waals surface area contributed by atoms with E-state index >= 15 is 0 Å². The maximum absolute atomic E-state index is 5.36. The van der Waals surface area contributed by atoms with Crippen LogP contribution in [0.1, 0.15) is 38.5 Å². The van der Waals surface area contributed by atoms with Gasteiger partial charge >= 0.3 is 0 Å². The lowest BCUT2D eigenvalue weighted by molar-refractivity contribution is 0.185. The maximum atomic E-state index is 5.36. The van der Waals surface area contributed by atoms with Crippen molar-refractivity contribution in [1.29, 1.82) is 0 Å². The monoisotopic (exact) mass is 239 g/mol. The number of hydrogen-bond donors (Lipinski definition) is 2. The van der Waals surface area contributed by atoms with Crippen LogP contribution in [0.25, 0.3) is 0 Å². The van der Waals surface area contributed by atoms with Gasteiger partial charge in [-0.1, -0.05) is 6.42 Å². The van der Waals surface area contributed by atoms with Gasteiger partial charge in [0.2, 0.25) is 0 Å². The molecule has 2 unspecified atom stereocenters. The molecule has 3 nitrogen and oxygen atoms in total. The van der Waals surface area contributed by atoms with Crippen molar-refractivity contribution in [3.05, 3.63) is 0 Å². The molecule has 16 heavy (non-hydrogen) atoms. The van der Waals surface area contributed by atoms with Crippen molar-refractivity contribution in [2.75, 3.05) is 13.1 Å². The third-order valence-corrected chi connectivity index (χ3v) is 4.32. The fourth-order valence-corrected chi connectivity index (χ4v) is 3.36. The molecule has 4 heteroatoms. The molecule has 2 saturated heterocycles. The molecule has 3 aliphatic rings. The number of piperidine rings is 1. The molecule has 0 aromatic rings. The molecule has 0 aromatic heterocycles. The van der Waals surface area contributed by atoms with Gasteiger partial charge in [0, 0.05) is 24.7 Å². The van der Waals surface area contributed by atoms with Crippen LogP contribution in [0.4, 0.5) is 0 Å². The molecule has 1 aliphatic carbocycles. The summed E-state index contributed by atoms with van der Waals surface area (Å²) in [5.41, 5.74) is 0. The quantitative estimate of drug-likeness (QED) is 0.709. The van der Waals surface area contributed by atoms with Crippen LogP contribution < -0.4 is 10.6 Å². The molecule has 1 saturated carbocycles.